The Kier molecular flexibility index (Phi) is 6.14. The lowest BCUT2D eigenvalue weighted by Gasteiger charge is -2.15. The highest BCUT2D eigenvalue weighted by Crippen LogP contribution is 2.28. The summed E-state index contributed by atoms with van der Waals surface area (Å²) in [6, 6.07) is 12.9. The smallest absolute Gasteiger partial charge is 0.297 e. The van der Waals surface area contributed by atoms with Gasteiger partial charge in [-0.2, -0.15) is 0 Å². The molecule has 5 rings (SSSR count). The number of furan rings is 1. The molecule has 0 unspecified atom stereocenters. The Labute approximate surface area is 199 Å². The van der Waals surface area contributed by atoms with Gasteiger partial charge in [-0.1, -0.05) is 41.6 Å². The van der Waals surface area contributed by atoms with Gasteiger partial charge < -0.3 is 14.5 Å². The molecule has 2 aromatic heterocycles. The number of nitrogens with zero attached hydrogens (tertiary/aromatic N) is 2. The maximum absolute atomic E-state index is 13.4. The number of para-hydroxylation sites is 1. The molecule has 0 saturated carbocycles. The number of aromatic nitrogens is 2. The zero-order valence-electron chi connectivity index (χ0n) is 18.0. The van der Waals surface area contributed by atoms with Gasteiger partial charge in [0, 0.05) is 12.0 Å². The summed E-state index contributed by atoms with van der Waals surface area (Å²) in [5, 5.41) is 4.53. The first-order chi connectivity index (χ1) is 16.0. The van der Waals surface area contributed by atoms with E-state index in [9.17, 15) is 9.59 Å². The molecule has 7 nitrogen and oxygen atoms in total. The van der Waals surface area contributed by atoms with E-state index in [1.165, 1.54) is 11.8 Å². The van der Waals surface area contributed by atoms with Crippen LogP contribution in [0.2, 0.25) is 5.02 Å². The SMILES string of the molecule is Cc1ccc(NC(=O)CSc2nc3c(oc4ccccc43)c(=O)n2C[C@@H]2CCCO2)c(Cl)c1. The van der Waals surface area contributed by atoms with Gasteiger partial charge in [0.1, 0.15) is 11.1 Å². The van der Waals surface area contributed by atoms with E-state index >= 15 is 0 Å². The molecule has 3 heterocycles. The Morgan fingerprint density at radius 1 is 1.30 bits per heavy atom. The number of fused-ring (bicyclic) bond motifs is 3. The molecular formula is C24H22ClN3O4S. The fraction of sp³-hybridized carbons (Fsp3) is 0.292. The quantitative estimate of drug-likeness (QED) is 0.306. The van der Waals surface area contributed by atoms with Crippen molar-refractivity contribution in [3.05, 3.63) is 63.4 Å². The van der Waals surface area contributed by atoms with E-state index in [4.69, 9.17) is 25.7 Å². The molecule has 1 aliphatic rings. The lowest BCUT2D eigenvalue weighted by atomic mass is 10.2. The van der Waals surface area contributed by atoms with Crippen LogP contribution in [0.3, 0.4) is 0 Å². The second kappa shape index (κ2) is 9.21. The Morgan fingerprint density at radius 2 is 2.15 bits per heavy atom. The fourth-order valence-corrected chi connectivity index (χ4v) is 5.04. The second-order valence-corrected chi connectivity index (χ2v) is 9.39. The first-order valence-corrected chi connectivity index (χ1v) is 12.1. The van der Waals surface area contributed by atoms with E-state index in [2.05, 4.69) is 5.32 Å². The summed E-state index contributed by atoms with van der Waals surface area (Å²) in [7, 11) is 0. The topological polar surface area (TPSA) is 86.4 Å². The predicted molar refractivity (Wildman–Crippen MR) is 130 cm³/mol. The van der Waals surface area contributed by atoms with Crippen molar-refractivity contribution in [3.8, 4) is 0 Å². The number of thioether (sulfide) groups is 1. The molecule has 0 radical (unpaired) electrons. The van der Waals surface area contributed by atoms with Crippen molar-refractivity contribution < 1.29 is 13.9 Å². The van der Waals surface area contributed by atoms with Gasteiger partial charge in [0.15, 0.2) is 5.16 Å². The number of anilines is 1. The molecule has 0 spiro atoms. The average Bonchev–Trinajstić information content (AvgIpc) is 3.44. The van der Waals surface area contributed by atoms with Gasteiger partial charge in [0.25, 0.3) is 5.56 Å². The van der Waals surface area contributed by atoms with Gasteiger partial charge in [0.05, 0.1) is 29.1 Å². The van der Waals surface area contributed by atoms with Gasteiger partial charge in [-0.25, -0.2) is 4.98 Å². The molecule has 2 aromatic carbocycles. The third kappa shape index (κ3) is 4.51. The largest absolute Gasteiger partial charge is 0.448 e. The van der Waals surface area contributed by atoms with Crippen LogP contribution in [0.4, 0.5) is 5.69 Å². The number of nitrogens with one attached hydrogen (secondary N) is 1. The standard InChI is InChI=1S/C24H22ClN3O4S/c1-14-8-9-18(17(25)11-14)26-20(29)13-33-24-27-21-16-6-2-3-7-19(16)32-22(21)23(30)28(24)12-15-5-4-10-31-15/h2-3,6-9,11,15H,4-5,10,12-13H2,1H3,(H,26,29)/t15-/m0/s1. The highest BCUT2D eigenvalue weighted by atomic mass is 35.5. The van der Waals surface area contributed by atoms with Crippen LogP contribution in [0.25, 0.3) is 22.1 Å². The van der Waals surface area contributed by atoms with E-state index < -0.39 is 0 Å². The minimum atomic E-state index is -0.267. The highest BCUT2D eigenvalue weighted by Gasteiger charge is 2.23. The minimum absolute atomic E-state index is 0.0640. The van der Waals surface area contributed by atoms with Crippen molar-refractivity contribution in [2.45, 2.75) is 37.6 Å². The number of benzene rings is 2. The van der Waals surface area contributed by atoms with E-state index in [0.717, 1.165) is 23.8 Å². The zero-order chi connectivity index (χ0) is 22.9. The van der Waals surface area contributed by atoms with Crippen LogP contribution >= 0.6 is 23.4 Å². The molecule has 1 fully saturated rings. The summed E-state index contributed by atoms with van der Waals surface area (Å²) in [4.78, 5) is 30.7. The number of amides is 1. The number of halogens is 1. The minimum Gasteiger partial charge on any atom is -0.448 e. The molecule has 4 aromatic rings. The number of rotatable bonds is 6. The summed E-state index contributed by atoms with van der Waals surface area (Å²) in [6.07, 6.45) is 1.77. The van der Waals surface area contributed by atoms with Crippen molar-refractivity contribution in [2.75, 3.05) is 17.7 Å². The summed E-state index contributed by atoms with van der Waals surface area (Å²) < 4.78 is 13.1. The maximum Gasteiger partial charge on any atom is 0.297 e. The van der Waals surface area contributed by atoms with Crippen LogP contribution in [-0.2, 0) is 16.1 Å². The molecule has 1 aliphatic heterocycles. The molecule has 170 valence electrons. The van der Waals surface area contributed by atoms with Gasteiger partial charge in [-0.3, -0.25) is 14.2 Å². The molecule has 0 bridgehead atoms. The highest BCUT2D eigenvalue weighted by molar-refractivity contribution is 7.99. The van der Waals surface area contributed by atoms with E-state index in [1.54, 1.807) is 16.7 Å². The molecule has 9 heteroatoms. The lowest BCUT2D eigenvalue weighted by molar-refractivity contribution is -0.113. The Balaban J connectivity index is 1.46. The second-order valence-electron chi connectivity index (χ2n) is 8.04. The molecule has 1 N–H and O–H groups in total. The zero-order valence-corrected chi connectivity index (χ0v) is 19.5. The van der Waals surface area contributed by atoms with Gasteiger partial charge in [-0.05, 0) is 49.6 Å². The van der Waals surface area contributed by atoms with Crippen LogP contribution in [-0.4, -0.2) is 33.9 Å². The van der Waals surface area contributed by atoms with Crippen LogP contribution in [0, 0.1) is 6.92 Å². The normalized spacial score (nSPS) is 16.0. The number of hydrogen-bond acceptors (Lipinski definition) is 6. The van der Waals surface area contributed by atoms with Crippen LogP contribution in [0.5, 0.6) is 0 Å². The third-order valence-electron chi connectivity index (χ3n) is 5.59. The maximum atomic E-state index is 13.4. The molecular weight excluding hydrogens is 462 g/mol. The molecule has 33 heavy (non-hydrogen) atoms. The number of ether oxygens (including phenoxy) is 1. The van der Waals surface area contributed by atoms with Crippen molar-refractivity contribution in [2.24, 2.45) is 0 Å². The Morgan fingerprint density at radius 3 is 2.94 bits per heavy atom. The summed E-state index contributed by atoms with van der Waals surface area (Å²) in [5.74, 6) is -0.162. The molecule has 1 atom stereocenters. The number of aryl methyl sites for hydroxylation is 1. The fourth-order valence-electron chi connectivity index (χ4n) is 3.95. The Bertz CT molecular complexity index is 1410. The Hall–Kier alpha value is -2.81. The van der Waals surface area contributed by atoms with Crippen LogP contribution in [0.1, 0.15) is 18.4 Å². The summed E-state index contributed by atoms with van der Waals surface area (Å²) in [5.41, 5.74) is 2.62. The van der Waals surface area contributed by atoms with E-state index in [0.29, 0.717) is 40.1 Å². The van der Waals surface area contributed by atoms with Crippen molar-refractivity contribution in [3.63, 3.8) is 0 Å². The van der Waals surface area contributed by atoms with E-state index in [-0.39, 0.29) is 28.9 Å². The summed E-state index contributed by atoms with van der Waals surface area (Å²) >= 11 is 7.44. The van der Waals surface area contributed by atoms with Crippen LogP contribution in [0.15, 0.2) is 56.8 Å². The molecule has 1 amide bonds. The lowest BCUT2D eigenvalue weighted by Crippen LogP contribution is -2.29. The number of carbonyl (C=O) groups is 1. The number of hydrogen-bond donors (Lipinski definition) is 1. The first kappa shape index (κ1) is 22.0. The average molecular weight is 484 g/mol. The van der Waals surface area contributed by atoms with Crippen molar-refractivity contribution >= 4 is 57.0 Å². The van der Waals surface area contributed by atoms with Crippen molar-refractivity contribution in [1.29, 1.82) is 0 Å². The van der Waals surface area contributed by atoms with Crippen molar-refractivity contribution in [1.82, 2.24) is 9.55 Å². The first-order valence-electron chi connectivity index (χ1n) is 10.7. The molecule has 0 aliphatic carbocycles. The van der Waals surface area contributed by atoms with Gasteiger partial charge in [0.2, 0.25) is 11.5 Å². The predicted octanol–water partition coefficient (Wildman–Crippen LogP) is 5.01. The molecule has 1 saturated heterocycles. The summed E-state index contributed by atoms with van der Waals surface area (Å²) in [6.45, 7) is 2.98. The number of carbonyl (C=O) groups excluding carboxylic acids is 1. The van der Waals surface area contributed by atoms with Gasteiger partial charge >= 0.3 is 0 Å². The van der Waals surface area contributed by atoms with Crippen LogP contribution < -0.4 is 10.9 Å². The van der Waals surface area contributed by atoms with E-state index in [1.807, 2.05) is 37.3 Å². The third-order valence-corrected chi connectivity index (χ3v) is 6.88. The monoisotopic (exact) mass is 483 g/mol. The van der Waals surface area contributed by atoms with Gasteiger partial charge in [-0.15, -0.1) is 0 Å².